The third-order valence-electron chi connectivity index (χ3n) is 3.90. The van der Waals surface area contributed by atoms with Crippen molar-refractivity contribution in [1.82, 2.24) is 20.2 Å². The molecule has 1 atom stereocenters. The molecule has 10 nitrogen and oxygen atoms in total. The Morgan fingerprint density at radius 1 is 1.41 bits per heavy atom. The van der Waals surface area contributed by atoms with Crippen molar-refractivity contribution >= 4 is 39.0 Å². The van der Waals surface area contributed by atoms with Crippen molar-refractivity contribution < 1.29 is 27.1 Å². The lowest BCUT2D eigenvalue weighted by Crippen LogP contribution is -2.33. The van der Waals surface area contributed by atoms with Crippen LogP contribution in [0, 0.1) is 5.82 Å². The lowest BCUT2D eigenvalue weighted by Gasteiger charge is -2.14. The number of carbonyl (C=O) groups excluding carboxylic acids is 2. The quantitative estimate of drug-likeness (QED) is 0.649. The normalized spacial score (nSPS) is 16.7. The van der Waals surface area contributed by atoms with E-state index in [0.717, 1.165) is 17.6 Å². The fourth-order valence-electron chi connectivity index (χ4n) is 2.57. The molecule has 13 heteroatoms. The average Bonchev–Trinajstić information content (AvgIpc) is 3.24. The van der Waals surface area contributed by atoms with E-state index in [2.05, 4.69) is 20.2 Å². The van der Waals surface area contributed by atoms with E-state index in [9.17, 15) is 22.4 Å². The molecule has 2 amide bonds. The van der Waals surface area contributed by atoms with E-state index in [1.807, 2.05) is 0 Å². The first kappa shape index (κ1) is 21.1. The van der Waals surface area contributed by atoms with Crippen molar-refractivity contribution in [3.8, 4) is 10.6 Å². The van der Waals surface area contributed by atoms with Crippen molar-refractivity contribution in [3.05, 3.63) is 29.0 Å². The van der Waals surface area contributed by atoms with E-state index in [1.54, 1.807) is 6.07 Å². The Kier molecular flexibility index (Phi) is 6.10. The molecule has 1 unspecified atom stereocenters. The van der Waals surface area contributed by atoms with Gasteiger partial charge in [0.15, 0.2) is 5.01 Å². The molecule has 0 aliphatic carbocycles. The Labute approximate surface area is 170 Å². The smallest absolute Gasteiger partial charge is 0.414 e. The minimum atomic E-state index is -3.38. The van der Waals surface area contributed by atoms with Crippen molar-refractivity contribution in [2.75, 3.05) is 24.2 Å². The van der Waals surface area contributed by atoms with Crippen LogP contribution in [0.1, 0.15) is 11.9 Å². The number of rotatable bonds is 7. The average molecular weight is 443 g/mol. The highest BCUT2D eigenvalue weighted by molar-refractivity contribution is 7.88. The molecule has 1 aliphatic rings. The van der Waals surface area contributed by atoms with Gasteiger partial charge in [0.1, 0.15) is 16.9 Å². The highest BCUT2D eigenvalue weighted by Gasteiger charge is 2.32. The van der Waals surface area contributed by atoms with Crippen LogP contribution in [0.5, 0.6) is 0 Å². The van der Waals surface area contributed by atoms with Gasteiger partial charge in [-0.1, -0.05) is 11.3 Å². The summed E-state index contributed by atoms with van der Waals surface area (Å²) < 4.78 is 44.4. The number of anilines is 1. The standard InChI is InChI=1S/C16H18FN5O5S2/c1-9(23)18-6-11-8-22(16(24)27-11)10-3-4-12(13(17)5-10)15-21-20-14(28-15)7-19-29(2,25)26/h3-5,11,19H,6-8H2,1-2H3,(H,18,23). The van der Waals surface area contributed by atoms with Gasteiger partial charge in [0.05, 0.1) is 31.6 Å². The Balaban J connectivity index is 1.71. The summed E-state index contributed by atoms with van der Waals surface area (Å²) in [7, 11) is -3.38. The molecule has 0 bridgehead atoms. The molecular weight excluding hydrogens is 425 g/mol. The van der Waals surface area contributed by atoms with Crippen molar-refractivity contribution in [2.45, 2.75) is 19.6 Å². The predicted octanol–water partition coefficient (Wildman–Crippen LogP) is 0.855. The van der Waals surface area contributed by atoms with Crippen LogP contribution >= 0.6 is 11.3 Å². The second-order valence-electron chi connectivity index (χ2n) is 6.31. The zero-order valence-electron chi connectivity index (χ0n) is 15.5. The van der Waals surface area contributed by atoms with Gasteiger partial charge in [-0.15, -0.1) is 10.2 Å². The first-order valence-electron chi connectivity index (χ1n) is 8.42. The Bertz CT molecular complexity index is 1040. The zero-order valence-corrected chi connectivity index (χ0v) is 17.1. The van der Waals surface area contributed by atoms with Crippen molar-refractivity contribution in [2.24, 2.45) is 0 Å². The fourth-order valence-corrected chi connectivity index (χ4v) is 3.86. The molecule has 2 N–H and O–H groups in total. The first-order valence-corrected chi connectivity index (χ1v) is 11.1. The van der Waals surface area contributed by atoms with E-state index in [4.69, 9.17) is 4.74 Å². The molecule has 29 heavy (non-hydrogen) atoms. The molecule has 3 rings (SSSR count). The number of hydrogen-bond donors (Lipinski definition) is 2. The molecule has 1 fully saturated rings. The van der Waals surface area contributed by atoms with E-state index < -0.39 is 28.0 Å². The number of halogens is 1. The van der Waals surface area contributed by atoms with Gasteiger partial charge >= 0.3 is 6.09 Å². The number of nitrogens with zero attached hydrogens (tertiary/aromatic N) is 3. The Morgan fingerprint density at radius 3 is 2.83 bits per heavy atom. The lowest BCUT2D eigenvalue weighted by molar-refractivity contribution is -0.119. The Morgan fingerprint density at radius 2 is 2.17 bits per heavy atom. The van der Waals surface area contributed by atoms with Crippen LogP contribution in [-0.4, -0.2) is 56.1 Å². The summed E-state index contributed by atoms with van der Waals surface area (Å²) in [6, 6.07) is 4.21. The number of aromatic nitrogens is 2. The van der Waals surface area contributed by atoms with Gasteiger partial charge in [0.2, 0.25) is 15.9 Å². The molecule has 0 radical (unpaired) electrons. The molecule has 0 saturated carbocycles. The van der Waals surface area contributed by atoms with Gasteiger partial charge in [0, 0.05) is 12.5 Å². The number of nitrogens with one attached hydrogen (secondary N) is 2. The van der Waals surface area contributed by atoms with Crippen molar-refractivity contribution in [1.29, 1.82) is 0 Å². The van der Waals surface area contributed by atoms with Gasteiger partial charge in [-0.3, -0.25) is 9.69 Å². The zero-order chi connectivity index (χ0) is 21.2. The summed E-state index contributed by atoms with van der Waals surface area (Å²) in [5.74, 6) is -0.850. The molecule has 156 valence electrons. The van der Waals surface area contributed by atoms with Crippen molar-refractivity contribution in [3.63, 3.8) is 0 Å². The van der Waals surface area contributed by atoms with Gasteiger partial charge in [0.25, 0.3) is 0 Å². The van der Waals surface area contributed by atoms with Gasteiger partial charge in [-0.05, 0) is 18.2 Å². The molecule has 2 aromatic rings. The highest BCUT2D eigenvalue weighted by Crippen LogP contribution is 2.30. The van der Waals surface area contributed by atoms with Gasteiger partial charge < -0.3 is 10.1 Å². The van der Waals surface area contributed by atoms with Crippen LogP contribution in [0.15, 0.2) is 18.2 Å². The van der Waals surface area contributed by atoms with Gasteiger partial charge in [-0.2, -0.15) is 0 Å². The maximum absolute atomic E-state index is 14.6. The third kappa shape index (κ3) is 5.46. The largest absolute Gasteiger partial charge is 0.442 e. The van der Waals surface area contributed by atoms with E-state index >= 15 is 0 Å². The van der Waals surface area contributed by atoms with E-state index in [1.165, 1.54) is 24.0 Å². The molecule has 1 aliphatic heterocycles. The molecule has 1 saturated heterocycles. The monoisotopic (exact) mass is 443 g/mol. The summed E-state index contributed by atoms with van der Waals surface area (Å²) in [5.41, 5.74) is 0.490. The maximum atomic E-state index is 14.6. The number of cyclic esters (lactones) is 1. The van der Waals surface area contributed by atoms with Crippen LogP contribution in [0.3, 0.4) is 0 Å². The van der Waals surface area contributed by atoms with Crippen LogP contribution in [0.25, 0.3) is 10.6 Å². The number of hydrogen-bond acceptors (Lipinski definition) is 8. The number of amides is 2. The maximum Gasteiger partial charge on any atom is 0.414 e. The van der Waals surface area contributed by atoms with Gasteiger partial charge in [-0.25, -0.2) is 22.3 Å². The summed E-state index contributed by atoms with van der Waals surface area (Å²) >= 11 is 1.05. The SMILES string of the molecule is CC(=O)NCC1CN(c2ccc(-c3nnc(CNS(C)(=O)=O)s3)c(F)c2)C(=O)O1. The minimum absolute atomic E-state index is 0.0362. The number of carbonyl (C=O) groups is 2. The molecular formula is C16H18FN5O5S2. The second kappa shape index (κ2) is 8.39. The Hall–Kier alpha value is -2.64. The summed E-state index contributed by atoms with van der Waals surface area (Å²) in [4.78, 5) is 24.3. The lowest BCUT2D eigenvalue weighted by atomic mass is 10.2. The molecule has 0 spiro atoms. The van der Waals surface area contributed by atoms with Crippen LogP contribution in [0.4, 0.5) is 14.9 Å². The van der Waals surface area contributed by atoms with Crippen LogP contribution in [-0.2, 0) is 26.1 Å². The number of ether oxygens (including phenoxy) is 1. The first-order chi connectivity index (χ1) is 13.6. The molecule has 1 aromatic carbocycles. The summed E-state index contributed by atoms with van der Waals surface area (Å²) in [5, 5.41) is 11.0. The summed E-state index contributed by atoms with van der Waals surface area (Å²) in [6.45, 7) is 1.68. The van der Waals surface area contributed by atoms with Crippen LogP contribution in [0.2, 0.25) is 0 Å². The van der Waals surface area contributed by atoms with E-state index in [-0.39, 0.29) is 36.1 Å². The molecule has 1 aromatic heterocycles. The number of benzene rings is 1. The summed E-state index contributed by atoms with van der Waals surface area (Å²) in [6.07, 6.45) is -0.128. The second-order valence-corrected chi connectivity index (χ2v) is 9.21. The van der Waals surface area contributed by atoms with E-state index in [0.29, 0.717) is 10.7 Å². The highest BCUT2D eigenvalue weighted by atomic mass is 32.2. The topological polar surface area (TPSA) is 131 Å². The van der Waals surface area contributed by atoms with Crippen LogP contribution < -0.4 is 14.9 Å². The predicted molar refractivity (Wildman–Crippen MR) is 103 cm³/mol. The fraction of sp³-hybridized carbons (Fsp3) is 0.375. The third-order valence-corrected chi connectivity index (χ3v) is 5.53. The molecule has 2 heterocycles. The minimum Gasteiger partial charge on any atom is -0.442 e. The number of sulfonamides is 1.